The van der Waals surface area contributed by atoms with Gasteiger partial charge in [-0.1, -0.05) is 32.9 Å². The maximum Gasteiger partial charge on any atom is 0.0230 e. The van der Waals surface area contributed by atoms with Gasteiger partial charge < -0.3 is 4.90 Å². The Bertz CT molecular complexity index is 279. The Labute approximate surface area is 97.9 Å². The van der Waals surface area contributed by atoms with Crippen LogP contribution >= 0.6 is 11.8 Å². The fraction of sp³-hybridized carbons (Fsp3) is 0.538. The summed E-state index contributed by atoms with van der Waals surface area (Å²) in [6.45, 7) is 8.78. The Morgan fingerprint density at radius 1 is 1.20 bits per heavy atom. The van der Waals surface area contributed by atoms with E-state index in [-0.39, 0.29) is 0 Å². The van der Waals surface area contributed by atoms with Crippen LogP contribution in [0.1, 0.15) is 26.3 Å². The van der Waals surface area contributed by atoms with E-state index in [4.69, 9.17) is 0 Å². The molecule has 0 N–H and O–H groups in total. The van der Waals surface area contributed by atoms with Crippen LogP contribution in [0.15, 0.2) is 29.2 Å². The zero-order valence-electron chi connectivity index (χ0n) is 10.2. The van der Waals surface area contributed by atoms with Crippen molar-refractivity contribution in [2.45, 2.75) is 37.5 Å². The van der Waals surface area contributed by atoms with E-state index < -0.39 is 0 Å². The monoisotopic (exact) mass is 223 g/mol. The van der Waals surface area contributed by atoms with Gasteiger partial charge in [-0.15, -0.1) is 11.8 Å². The van der Waals surface area contributed by atoms with Crippen molar-refractivity contribution in [2.75, 3.05) is 13.6 Å². The first-order valence-electron chi connectivity index (χ1n) is 5.56. The van der Waals surface area contributed by atoms with E-state index in [9.17, 15) is 0 Å². The molecule has 0 spiro atoms. The SMILES string of the molecule is CCN(C)Cc1ccc(SC(C)C)cc1. The van der Waals surface area contributed by atoms with Crippen LogP contribution in [-0.2, 0) is 6.54 Å². The van der Waals surface area contributed by atoms with Gasteiger partial charge in [-0.3, -0.25) is 0 Å². The molecule has 0 fully saturated rings. The summed E-state index contributed by atoms with van der Waals surface area (Å²) in [5.74, 6) is 0. The highest BCUT2D eigenvalue weighted by molar-refractivity contribution is 7.99. The largest absolute Gasteiger partial charge is 0.302 e. The third-order valence-corrected chi connectivity index (χ3v) is 3.30. The molecule has 0 saturated heterocycles. The molecular formula is C13H21NS. The second-order valence-corrected chi connectivity index (χ2v) is 5.79. The van der Waals surface area contributed by atoms with E-state index in [2.05, 4.69) is 57.0 Å². The topological polar surface area (TPSA) is 3.24 Å². The molecule has 0 radical (unpaired) electrons. The molecule has 2 heteroatoms. The van der Waals surface area contributed by atoms with Gasteiger partial charge in [0.15, 0.2) is 0 Å². The van der Waals surface area contributed by atoms with Crippen LogP contribution in [0.5, 0.6) is 0 Å². The van der Waals surface area contributed by atoms with Crippen LogP contribution in [0.3, 0.4) is 0 Å². The highest BCUT2D eigenvalue weighted by atomic mass is 32.2. The molecule has 84 valence electrons. The number of rotatable bonds is 5. The van der Waals surface area contributed by atoms with Gasteiger partial charge in [-0.2, -0.15) is 0 Å². The maximum atomic E-state index is 2.31. The van der Waals surface area contributed by atoms with Crippen molar-refractivity contribution in [2.24, 2.45) is 0 Å². The molecule has 0 unspecified atom stereocenters. The molecule has 1 nitrogen and oxygen atoms in total. The molecule has 1 rings (SSSR count). The quantitative estimate of drug-likeness (QED) is 0.701. The highest BCUT2D eigenvalue weighted by Gasteiger charge is 2.00. The summed E-state index contributed by atoms with van der Waals surface area (Å²) in [7, 11) is 2.15. The van der Waals surface area contributed by atoms with Crippen LogP contribution in [0, 0.1) is 0 Å². The predicted molar refractivity (Wildman–Crippen MR) is 69.4 cm³/mol. The van der Waals surface area contributed by atoms with Crippen LogP contribution in [0.4, 0.5) is 0 Å². The first kappa shape index (κ1) is 12.6. The third kappa shape index (κ3) is 4.72. The van der Waals surface area contributed by atoms with Crippen LogP contribution in [0.2, 0.25) is 0 Å². The molecule has 1 aromatic carbocycles. The van der Waals surface area contributed by atoms with Crippen molar-refractivity contribution < 1.29 is 0 Å². The van der Waals surface area contributed by atoms with E-state index in [1.165, 1.54) is 10.5 Å². The van der Waals surface area contributed by atoms with E-state index in [0.29, 0.717) is 5.25 Å². The minimum atomic E-state index is 0.661. The Kier molecular flexibility index (Phi) is 5.20. The van der Waals surface area contributed by atoms with E-state index in [1.54, 1.807) is 0 Å². The lowest BCUT2D eigenvalue weighted by Gasteiger charge is -2.14. The Hall–Kier alpha value is -0.470. The summed E-state index contributed by atoms with van der Waals surface area (Å²) in [6.07, 6.45) is 0. The van der Waals surface area contributed by atoms with Gasteiger partial charge in [-0.25, -0.2) is 0 Å². The lowest BCUT2D eigenvalue weighted by atomic mass is 10.2. The average Bonchev–Trinajstić information content (AvgIpc) is 2.20. The van der Waals surface area contributed by atoms with Crippen LogP contribution in [0.25, 0.3) is 0 Å². The first-order valence-corrected chi connectivity index (χ1v) is 6.44. The molecule has 15 heavy (non-hydrogen) atoms. The van der Waals surface area contributed by atoms with Crippen LogP contribution < -0.4 is 0 Å². The Balaban J connectivity index is 2.56. The molecule has 0 saturated carbocycles. The highest BCUT2D eigenvalue weighted by Crippen LogP contribution is 2.23. The molecule has 0 aliphatic rings. The number of hydrogen-bond acceptors (Lipinski definition) is 2. The first-order chi connectivity index (χ1) is 7.11. The predicted octanol–water partition coefficient (Wildman–Crippen LogP) is 3.64. The molecule has 0 aromatic heterocycles. The number of benzene rings is 1. The lowest BCUT2D eigenvalue weighted by Crippen LogP contribution is -2.16. The summed E-state index contributed by atoms with van der Waals surface area (Å²) in [5.41, 5.74) is 1.40. The third-order valence-electron chi connectivity index (χ3n) is 2.29. The standard InChI is InChI=1S/C13H21NS/c1-5-14(4)10-12-6-8-13(9-7-12)15-11(2)3/h6-9,11H,5,10H2,1-4H3. The normalized spacial score (nSPS) is 11.3. The van der Waals surface area contributed by atoms with E-state index in [1.807, 2.05) is 11.8 Å². The zero-order valence-corrected chi connectivity index (χ0v) is 11.0. The zero-order chi connectivity index (χ0) is 11.3. The van der Waals surface area contributed by atoms with Gasteiger partial charge in [0, 0.05) is 16.7 Å². The van der Waals surface area contributed by atoms with Gasteiger partial charge in [0.05, 0.1) is 0 Å². The van der Waals surface area contributed by atoms with Gasteiger partial charge in [0.25, 0.3) is 0 Å². The fourth-order valence-corrected chi connectivity index (χ4v) is 2.21. The molecule has 0 heterocycles. The average molecular weight is 223 g/mol. The summed E-state index contributed by atoms with van der Waals surface area (Å²) >= 11 is 1.92. The molecule has 0 atom stereocenters. The summed E-state index contributed by atoms with van der Waals surface area (Å²) in [4.78, 5) is 3.68. The number of hydrogen-bond donors (Lipinski definition) is 0. The molecule has 1 aromatic rings. The van der Waals surface area contributed by atoms with Crippen molar-refractivity contribution in [1.82, 2.24) is 4.90 Å². The lowest BCUT2D eigenvalue weighted by molar-refractivity contribution is 0.345. The van der Waals surface area contributed by atoms with Crippen molar-refractivity contribution in [3.8, 4) is 0 Å². The van der Waals surface area contributed by atoms with E-state index in [0.717, 1.165) is 13.1 Å². The van der Waals surface area contributed by atoms with Crippen molar-refractivity contribution >= 4 is 11.8 Å². The van der Waals surface area contributed by atoms with Crippen LogP contribution in [-0.4, -0.2) is 23.7 Å². The summed E-state index contributed by atoms with van der Waals surface area (Å²) < 4.78 is 0. The minimum absolute atomic E-state index is 0.661. The molecule has 0 aliphatic heterocycles. The molecule has 0 amide bonds. The van der Waals surface area contributed by atoms with Gasteiger partial charge in [0.1, 0.15) is 0 Å². The molecule has 0 aliphatic carbocycles. The van der Waals surface area contributed by atoms with Gasteiger partial charge in [-0.05, 0) is 31.3 Å². The molecular weight excluding hydrogens is 202 g/mol. The van der Waals surface area contributed by atoms with Gasteiger partial charge >= 0.3 is 0 Å². The summed E-state index contributed by atoms with van der Waals surface area (Å²) in [5, 5.41) is 0.661. The maximum absolute atomic E-state index is 2.31. The molecule has 0 bridgehead atoms. The summed E-state index contributed by atoms with van der Waals surface area (Å²) in [6, 6.07) is 8.92. The Morgan fingerprint density at radius 2 is 1.80 bits per heavy atom. The second-order valence-electron chi connectivity index (χ2n) is 4.14. The van der Waals surface area contributed by atoms with Crippen molar-refractivity contribution in [1.29, 1.82) is 0 Å². The smallest absolute Gasteiger partial charge is 0.0230 e. The second kappa shape index (κ2) is 6.19. The minimum Gasteiger partial charge on any atom is -0.302 e. The number of nitrogens with zero attached hydrogens (tertiary/aromatic N) is 1. The van der Waals surface area contributed by atoms with Crippen molar-refractivity contribution in [3.63, 3.8) is 0 Å². The fourth-order valence-electron chi connectivity index (χ4n) is 1.37. The Morgan fingerprint density at radius 3 is 2.27 bits per heavy atom. The number of thioether (sulfide) groups is 1. The van der Waals surface area contributed by atoms with E-state index >= 15 is 0 Å². The van der Waals surface area contributed by atoms with Crippen molar-refractivity contribution in [3.05, 3.63) is 29.8 Å². The van der Waals surface area contributed by atoms with Gasteiger partial charge in [0.2, 0.25) is 0 Å².